The quantitative estimate of drug-likeness (QED) is 0.659. The van der Waals surface area contributed by atoms with Crippen LogP contribution in [-0.4, -0.2) is 53.1 Å². The molecule has 1 amide bonds. The second kappa shape index (κ2) is 9.64. The maximum Gasteiger partial charge on any atom is 0.253 e. The largest absolute Gasteiger partial charge is 0.385 e. The van der Waals surface area contributed by atoms with E-state index in [4.69, 9.17) is 4.74 Å². The first-order chi connectivity index (χ1) is 10.9. The molecule has 7 heteroatoms. The minimum absolute atomic E-state index is 0.102. The Balaban J connectivity index is 2.81. The molecule has 6 nitrogen and oxygen atoms in total. The van der Waals surface area contributed by atoms with Crippen molar-refractivity contribution in [3.63, 3.8) is 0 Å². The van der Waals surface area contributed by atoms with Crippen molar-refractivity contribution in [2.24, 2.45) is 0 Å². The minimum Gasteiger partial charge on any atom is -0.385 e. The van der Waals surface area contributed by atoms with Crippen LogP contribution in [0.4, 0.5) is 0 Å². The lowest BCUT2D eigenvalue weighted by Crippen LogP contribution is -2.29. The maximum absolute atomic E-state index is 12.3. The normalized spacial score (nSPS) is 11.4. The van der Waals surface area contributed by atoms with Crippen LogP contribution in [0.5, 0.6) is 0 Å². The SMILES string of the molecule is CCCCN(C)C(=O)c1cccc(S(=O)(=O)NCCCOC)c1. The molecule has 0 saturated carbocycles. The van der Waals surface area contributed by atoms with E-state index in [1.165, 1.54) is 12.1 Å². The van der Waals surface area contributed by atoms with E-state index in [0.29, 0.717) is 31.7 Å². The Bertz CT molecular complexity index is 602. The molecule has 23 heavy (non-hydrogen) atoms. The monoisotopic (exact) mass is 342 g/mol. The van der Waals surface area contributed by atoms with Gasteiger partial charge in [-0.15, -0.1) is 0 Å². The van der Waals surface area contributed by atoms with Crippen molar-refractivity contribution in [2.45, 2.75) is 31.1 Å². The van der Waals surface area contributed by atoms with Gasteiger partial charge < -0.3 is 9.64 Å². The highest BCUT2D eigenvalue weighted by Gasteiger charge is 2.17. The van der Waals surface area contributed by atoms with Gasteiger partial charge in [-0.05, 0) is 31.0 Å². The fraction of sp³-hybridized carbons (Fsp3) is 0.562. The molecule has 0 unspecified atom stereocenters. The standard InChI is InChI=1S/C16H26N2O4S/c1-4-5-11-18(2)16(19)14-8-6-9-15(13-14)23(20,21)17-10-7-12-22-3/h6,8-9,13,17H,4-5,7,10-12H2,1-3H3. The Hall–Kier alpha value is -1.44. The first kappa shape index (κ1) is 19.6. The average Bonchev–Trinajstić information content (AvgIpc) is 2.56. The summed E-state index contributed by atoms with van der Waals surface area (Å²) in [4.78, 5) is 14.0. The average molecular weight is 342 g/mol. The smallest absolute Gasteiger partial charge is 0.253 e. The number of hydrogen-bond acceptors (Lipinski definition) is 4. The lowest BCUT2D eigenvalue weighted by Gasteiger charge is -2.17. The third-order valence-corrected chi connectivity index (χ3v) is 4.86. The summed E-state index contributed by atoms with van der Waals surface area (Å²) in [6.45, 7) is 3.50. The Morgan fingerprint density at radius 1 is 1.30 bits per heavy atom. The zero-order valence-electron chi connectivity index (χ0n) is 14.0. The van der Waals surface area contributed by atoms with E-state index in [9.17, 15) is 13.2 Å². The summed E-state index contributed by atoms with van der Waals surface area (Å²) < 4.78 is 31.9. The van der Waals surface area contributed by atoms with Crippen LogP contribution in [0.1, 0.15) is 36.5 Å². The van der Waals surface area contributed by atoms with Gasteiger partial charge in [0.15, 0.2) is 0 Å². The lowest BCUT2D eigenvalue weighted by molar-refractivity contribution is 0.0793. The van der Waals surface area contributed by atoms with E-state index >= 15 is 0 Å². The predicted molar refractivity (Wildman–Crippen MR) is 90.0 cm³/mol. The van der Waals surface area contributed by atoms with Crippen molar-refractivity contribution in [2.75, 3.05) is 33.9 Å². The summed E-state index contributed by atoms with van der Waals surface area (Å²) in [5.74, 6) is -0.171. The van der Waals surface area contributed by atoms with Crippen LogP contribution in [0.15, 0.2) is 29.2 Å². The molecule has 0 aromatic heterocycles. The molecule has 0 atom stereocenters. The van der Waals surface area contributed by atoms with Crippen LogP contribution in [0.25, 0.3) is 0 Å². The topological polar surface area (TPSA) is 75.7 Å². The molecular weight excluding hydrogens is 316 g/mol. The summed E-state index contributed by atoms with van der Waals surface area (Å²) in [6, 6.07) is 6.13. The molecular formula is C16H26N2O4S. The number of sulfonamides is 1. The van der Waals surface area contributed by atoms with E-state index in [1.54, 1.807) is 31.2 Å². The number of ether oxygens (including phenoxy) is 1. The zero-order chi connectivity index (χ0) is 17.3. The molecule has 0 aliphatic carbocycles. The molecule has 0 saturated heterocycles. The van der Waals surface area contributed by atoms with Crippen LogP contribution < -0.4 is 4.72 Å². The Morgan fingerprint density at radius 3 is 2.70 bits per heavy atom. The van der Waals surface area contributed by atoms with Gasteiger partial charge in [0.1, 0.15) is 0 Å². The van der Waals surface area contributed by atoms with Crippen LogP contribution in [0.2, 0.25) is 0 Å². The fourth-order valence-corrected chi connectivity index (χ4v) is 3.14. The Morgan fingerprint density at radius 2 is 2.04 bits per heavy atom. The number of methoxy groups -OCH3 is 1. The summed E-state index contributed by atoms with van der Waals surface area (Å²) in [7, 11) is -0.323. The van der Waals surface area contributed by atoms with Gasteiger partial charge in [0.05, 0.1) is 4.90 Å². The van der Waals surface area contributed by atoms with Gasteiger partial charge in [0, 0.05) is 39.4 Å². The molecule has 1 N–H and O–H groups in total. The van der Waals surface area contributed by atoms with Crippen molar-refractivity contribution in [3.05, 3.63) is 29.8 Å². The molecule has 130 valence electrons. The van der Waals surface area contributed by atoms with E-state index in [2.05, 4.69) is 11.6 Å². The van der Waals surface area contributed by atoms with E-state index in [1.807, 2.05) is 0 Å². The van der Waals surface area contributed by atoms with Gasteiger partial charge in [-0.2, -0.15) is 0 Å². The van der Waals surface area contributed by atoms with Gasteiger partial charge >= 0.3 is 0 Å². The molecule has 0 aliphatic heterocycles. The van der Waals surface area contributed by atoms with E-state index < -0.39 is 10.0 Å². The first-order valence-electron chi connectivity index (χ1n) is 7.76. The molecule has 0 heterocycles. The highest BCUT2D eigenvalue weighted by Crippen LogP contribution is 2.13. The predicted octanol–water partition coefficient (Wildman–Crippen LogP) is 1.87. The number of carbonyl (C=O) groups is 1. The number of rotatable bonds is 10. The Kier molecular flexibility index (Phi) is 8.22. The number of unbranched alkanes of at least 4 members (excludes halogenated alkanes) is 1. The molecule has 0 bridgehead atoms. The number of carbonyl (C=O) groups excluding carboxylic acids is 1. The first-order valence-corrected chi connectivity index (χ1v) is 9.24. The number of nitrogens with one attached hydrogen (secondary N) is 1. The van der Waals surface area contributed by atoms with Gasteiger partial charge in [-0.1, -0.05) is 19.4 Å². The molecule has 0 spiro atoms. The van der Waals surface area contributed by atoms with Crippen LogP contribution >= 0.6 is 0 Å². The third-order valence-electron chi connectivity index (χ3n) is 3.40. The summed E-state index contributed by atoms with van der Waals surface area (Å²) in [5, 5.41) is 0. The highest BCUT2D eigenvalue weighted by molar-refractivity contribution is 7.89. The summed E-state index contributed by atoms with van der Waals surface area (Å²) in [5.41, 5.74) is 0.378. The fourth-order valence-electron chi connectivity index (χ4n) is 2.02. The number of nitrogens with zero attached hydrogens (tertiary/aromatic N) is 1. The van der Waals surface area contributed by atoms with Crippen LogP contribution in [-0.2, 0) is 14.8 Å². The van der Waals surface area contributed by atoms with Crippen molar-refractivity contribution >= 4 is 15.9 Å². The maximum atomic E-state index is 12.3. The van der Waals surface area contributed by atoms with Gasteiger partial charge in [-0.3, -0.25) is 4.79 Å². The Labute approximate surface area is 138 Å². The molecule has 0 fully saturated rings. The molecule has 1 rings (SSSR count). The highest BCUT2D eigenvalue weighted by atomic mass is 32.2. The van der Waals surface area contributed by atoms with Gasteiger partial charge in [-0.25, -0.2) is 13.1 Å². The molecule has 1 aromatic rings. The number of benzene rings is 1. The van der Waals surface area contributed by atoms with Gasteiger partial charge in [0.2, 0.25) is 10.0 Å². The van der Waals surface area contributed by atoms with Crippen molar-refractivity contribution < 1.29 is 17.9 Å². The lowest BCUT2D eigenvalue weighted by atomic mass is 10.2. The summed E-state index contributed by atoms with van der Waals surface area (Å²) in [6.07, 6.45) is 2.51. The van der Waals surface area contributed by atoms with Crippen LogP contribution in [0.3, 0.4) is 0 Å². The van der Waals surface area contributed by atoms with E-state index in [-0.39, 0.29) is 10.8 Å². The molecule has 1 aromatic carbocycles. The van der Waals surface area contributed by atoms with Crippen molar-refractivity contribution in [1.29, 1.82) is 0 Å². The van der Waals surface area contributed by atoms with E-state index in [0.717, 1.165) is 12.8 Å². The van der Waals surface area contributed by atoms with Gasteiger partial charge in [0.25, 0.3) is 5.91 Å². The second-order valence-electron chi connectivity index (χ2n) is 5.35. The van der Waals surface area contributed by atoms with Crippen molar-refractivity contribution in [1.82, 2.24) is 9.62 Å². The second-order valence-corrected chi connectivity index (χ2v) is 7.12. The molecule has 0 radical (unpaired) electrons. The zero-order valence-corrected chi connectivity index (χ0v) is 14.9. The summed E-state index contributed by atoms with van der Waals surface area (Å²) >= 11 is 0. The number of hydrogen-bond donors (Lipinski definition) is 1. The molecule has 0 aliphatic rings. The third kappa shape index (κ3) is 6.29. The van der Waals surface area contributed by atoms with Crippen LogP contribution in [0, 0.1) is 0 Å². The minimum atomic E-state index is -3.62. The number of amides is 1. The van der Waals surface area contributed by atoms with Crippen molar-refractivity contribution in [3.8, 4) is 0 Å².